The van der Waals surface area contributed by atoms with Gasteiger partial charge in [0.2, 0.25) is 0 Å². The van der Waals surface area contributed by atoms with Gasteiger partial charge in [0.1, 0.15) is 0 Å². The van der Waals surface area contributed by atoms with Crippen molar-refractivity contribution in [2.24, 2.45) is 10.8 Å². The lowest BCUT2D eigenvalue weighted by Gasteiger charge is -2.19. The Morgan fingerprint density at radius 3 is 2.67 bits per heavy atom. The van der Waals surface area contributed by atoms with E-state index in [0.29, 0.717) is 0 Å². The van der Waals surface area contributed by atoms with E-state index < -0.39 is 0 Å². The van der Waals surface area contributed by atoms with Gasteiger partial charge in [0, 0.05) is 6.54 Å². The van der Waals surface area contributed by atoms with Crippen LogP contribution in [0.3, 0.4) is 0 Å². The molecule has 0 saturated heterocycles. The monoisotopic (exact) mass is 264 g/mol. The molecule has 0 aliphatic heterocycles. The van der Waals surface area contributed by atoms with Gasteiger partial charge in [-0.05, 0) is 36.4 Å². The zero-order chi connectivity index (χ0) is 13.4. The second-order valence-electron chi connectivity index (χ2n) is 3.89. The zero-order valence-electron chi connectivity index (χ0n) is 10.9. The van der Waals surface area contributed by atoms with Crippen molar-refractivity contribution in [3.05, 3.63) is 35.4 Å². The first-order valence-corrected chi connectivity index (χ1v) is 6.47. The van der Waals surface area contributed by atoms with Crippen LogP contribution in [0.2, 0.25) is 0 Å². The third-order valence-corrected chi connectivity index (χ3v) is 2.81. The van der Waals surface area contributed by atoms with Crippen molar-refractivity contribution in [2.45, 2.75) is 20.4 Å². The minimum Gasteiger partial charge on any atom is -0.375 e. The Morgan fingerprint density at radius 2 is 2.06 bits per heavy atom. The SMILES string of the molecule is CCN(CC)Cc1ccccc1C=NNC(N)=S. The van der Waals surface area contributed by atoms with Crippen LogP contribution in [0.5, 0.6) is 0 Å². The van der Waals surface area contributed by atoms with E-state index in [1.807, 2.05) is 18.2 Å². The Kier molecular flexibility index (Phi) is 6.32. The molecule has 0 aliphatic carbocycles. The van der Waals surface area contributed by atoms with Crippen molar-refractivity contribution in [3.8, 4) is 0 Å². The molecule has 18 heavy (non-hydrogen) atoms. The maximum Gasteiger partial charge on any atom is 0.184 e. The molecule has 0 amide bonds. The third kappa shape index (κ3) is 4.81. The summed E-state index contributed by atoms with van der Waals surface area (Å²) >= 11 is 4.70. The van der Waals surface area contributed by atoms with Gasteiger partial charge in [-0.1, -0.05) is 38.1 Å². The van der Waals surface area contributed by atoms with Gasteiger partial charge in [-0.3, -0.25) is 10.3 Å². The Morgan fingerprint density at radius 1 is 1.39 bits per heavy atom. The summed E-state index contributed by atoms with van der Waals surface area (Å²) in [6, 6.07) is 8.18. The standard InChI is InChI=1S/C13H20N4S/c1-3-17(4-2)10-12-8-6-5-7-11(12)9-15-16-13(14)18/h5-9H,3-4,10H2,1-2H3,(H3,14,16,18). The third-order valence-electron chi connectivity index (χ3n) is 2.72. The Bertz CT molecular complexity index is 413. The maximum absolute atomic E-state index is 5.32. The molecule has 0 saturated carbocycles. The molecule has 0 bridgehead atoms. The fourth-order valence-electron chi connectivity index (χ4n) is 1.66. The molecule has 5 heteroatoms. The van der Waals surface area contributed by atoms with Gasteiger partial charge >= 0.3 is 0 Å². The van der Waals surface area contributed by atoms with Gasteiger partial charge < -0.3 is 5.73 Å². The van der Waals surface area contributed by atoms with Crippen molar-refractivity contribution in [1.82, 2.24) is 10.3 Å². The quantitative estimate of drug-likeness (QED) is 0.466. The number of benzene rings is 1. The van der Waals surface area contributed by atoms with E-state index in [2.05, 4.69) is 35.3 Å². The van der Waals surface area contributed by atoms with Crippen LogP contribution in [-0.2, 0) is 6.54 Å². The van der Waals surface area contributed by atoms with Crippen LogP contribution in [0.15, 0.2) is 29.4 Å². The summed E-state index contributed by atoms with van der Waals surface area (Å²) < 4.78 is 0. The van der Waals surface area contributed by atoms with Gasteiger partial charge in [0.25, 0.3) is 0 Å². The van der Waals surface area contributed by atoms with Gasteiger partial charge in [-0.15, -0.1) is 0 Å². The number of hydrogen-bond acceptors (Lipinski definition) is 3. The Labute approximate surface area is 114 Å². The number of nitrogens with two attached hydrogens (primary N) is 1. The molecule has 4 nitrogen and oxygen atoms in total. The molecule has 0 spiro atoms. The normalized spacial score (nSPS) is 11.1. The molecule has 0 fully saturated rings. The van der Waals surface area contributed by atoms with E-state index >= 15 is 0 Å². The fraction of sp³-hybridized carbons (Fsp3) is 0.385. The number of hydrazone groups is 1. The van der Waals surface area contributed by atoms with Crippen LogP contribution in [0.4, 0.5) is 0 Å². The van der Waals surface area contributed by atoms with Crippen LogP contribution >= 0.6 is 12.2 Å². The topological polar surface area (TPSA) is 53.6 Å². The second-order valence-corrected chi connectivity index (χ2v) is 4.33. The van der Waals surface area contributed by atoms with Crippen molar-refractivity contribution in [1.29, 1.82) is 0 Å². The molecular formula is C13H20N4S. The van der Waals surface area contributed by atoms with Crippen LogP contribution < -0.4 is 11.2 Å². The first-order chi connectivity index (χ1) is 8.67. The van der Waals surface area contributed by atoms with Crippen LogP contribution in [0.25, 0.3) is 0 Å². The maximum atomic E-state index is 5.32. The predicted octanol–water partition coefficient (Wildman–Crippen LogP) is 1.70. The van der Waals surface area contributed by atoms with E-state index in [-0.39, 0.29) is 5.11 Å². The smallest absolute Gasteiger partial charge is 0.184 e. The molecular weight excluding hydrogens is 244 g/mol. The number of nitrogens with one attached hydrogen (secondary N) is 1. The van der Waals surface area contributed by atoms with Crippen molar-refractivity contribution in [3.63, 3.8) is 0 Å². The first kappa shape index (κ1) is 14.6. The Hall–Kier alpha value is -1.46. The molecule has 1 aromatic carbocycles. The predicted molar refractivity (Wildman–Crippen MR) is 80.6 cm³/mol. The van der Waals surface area contributed by atoms with Crippen LogP contribution in [0, 0.1) is 0 Å². The molecule has 0 atom stereocenters. The summed E-state index contributed by atoms with van der Waals surface area (Å²) in [5, 5.41) is 4.17. The molecule has 0 aliphatic rings. The molecule has 3 N–H and O–H groups in total. The minimum atomic E-state index is 0.174. The minimum absolute atomic E-state index is 0.174. The highest BCUT2D eigenvalue weighted by molar-refractivity contribution is 7.80. The lowest BCUT2D eigenvalue weighted by molar-refractivity contribution is 0.296. The van der Waals surface area contributed by atoms with Gasteiger partial charge in [0.15, 0.2) is 5.11 Å². The Balaban J connectivity index is 2.78. The van der Waals surface area contributed by atoms with E-state index in [1.165, 1.54) is 5.56 Å². The molecule has 0 aromatic heterocycles. The lowest BCUT2D eigenvalue weighted by Crippen LogP contribution is -2.24. The summed E-state index contributed by atoms with van der Waals surface area (Å²) in [7, 11) is 0. The highest BCUT2D eigenvalue weighted by atomic mass is 32.1. The highest BCUT2D eigenvalue weighted by Gasteiger charge is 2.04. The van der Waals surface area contributed by atoms with E-state index in [4.69, 9.17) is 18.0 Å². The molecule has 98 valence electrons. The van der Waals surface area contributed by atoms with Gasteiger partial charge in [0.05, 0.1) is 6.21 Å². The zero-order valence-corrected chi connectivity index (χ0v) is 11.7. The van der Waals surface area contributed by atoms with E-state index in [0.717, 1.165) is 25.2 Å². The number of hydrogen-bond donors (Lipinski definition) is 2. The van der Waals surface area contributed by atoms with Gasteiger partial charge in [-0.25, -0.2) is 0 Å². The molecule has 0 unspecified atom stereocenters. The van der Waals surface area contributed by atoms with Crippen molar-refractivity contribution >= 4 is 23.5 Å². The number of rotatable bonds is 6. The largest absolute Gasteiger partial charge is 0.375 e. The first-order valence-electron chi connectivity index (χ1n) is 6.06. The summed E-state index contributed by atoms with van der Waals surface area (Å²) in [6.45, 7) is 7.31. The summed E-state index contributed by atoms with van der Waals surface area (Å²) in [5.41, 5.74) is 10.2. The lowest BCUT2D eigenvalue weighted by atomic mass is 10.1. The molecule has 1 rings (SSSR count). The summed E-state index contributed by atoms with van der Waals surface area (Å²) in [6.07, 6.45) is 1.75. The summed E-state index contributed by atoms with van der Waals surface area (Å²) in [5.74, 6) is 0. The number of nitrogens with zero attached hydrogens (tertiary/aromatic N) is 2. The molecule has 1 aromatic rings. The molecule has 0 radical (unpaired) electrons. The fourth-order valence-corrected chi connectivity index (χ4v) is 1.71. The average Bonchev–Trinajstić information content (AvgIpc) is 2.37. The highest BCUT2D eigenvalue weighted by Crippen LogP contribution is 2.09. The van der Waals surface area contributed by atoms with Crippen LogP contribution in [-0.4, -0.2) is 29.3 Å². The summed E-state index contributed by atoms with van der Waals surface area (Å²) in [4.78, 5) is 2.35. The average molecular weight is 264 g/mol. The van der Waals surface area contributed by atoms with E-state index in [1.54, 1.807) is 6.21 Å². The number of thiocarbonyl (C=S) groups is 1. The van der Waals surface area contributed by atoms with Crippen LogP contribution in [0.1, 0.15) is 25.0 Å². The van der Waals surface area contributed by atoms with Crippen molar-refractivity contribution < 1.29 is 0 Å². The van der Waals surface area contributed by atoms with Crippen molar-refractivity contribution in [2.75, 3.05) is 13.1 Å². The van der Waals surface area contributed by atoms with Gasteiger partial charge in [-0.2, -0.15) is 5.10 Å². The van der Waals surface area contributed by atoms with E-state index in [9.17, 15) is 0 Å². The molecule has 0 heterocycles. The second kappa shape index (κ2) is 7.79.